The SMILES string of the molecule is CC1(C)CSC(=NCC(C)(C)c2cccs2)N1. The number of thioether (sulfide) groups is 1. The van der Waals surface area contributed by atoms with Gasteiger partial charge in [-0.3, -0.25) is 4.99 Å². The van der Waals surface area contributed by atoms with Gasteiger partial charge < -0.3 is 5.32 Å². The van der Waals surface area contributed by atoms with Crippen molar-refractivity contribution in [3.63, 3.8) is 0 Å². The summed E-state index contributed by atoms with van der Waals surface area (Å²) in [4.78, 5) is 6.13. The smallest absolute Gasteiger partial charge is 0.157 e. The molecule has 1 aliphatic rings. The van der Waals surface area contributed by atoms with Crippen LogP contribution in [0.15, 0.2) is 22.5 Å². The average Bonchev–Trinajstić information content (AvgIpc) is 2.84. The van der Waals surface area contributed by atoms with E-state index in [1.807, 2.05) is 23.1 Å². The van der Waals surface area contributed by atoms with Crippen molar-refractivity contribution in [3.8, 4) is 0 Å². The van der Waals surface area contributed by atoms with Crippen LogP contribution in [0.4, 0.5) is 0 Å². The Morgan fingerprint density at radius 1 is 1.47 bits per heavy atom. The number of hydrogen-bond acceptors (Lipinski definition) is 3. The zero-order valence-corrected chi connectivity index (χ0v) is 12.5. The highest BCUT2D eigenvalue weighted by Gasteiger charge is 2.28. The maximum atomic E-state index is 4.72. The van der Waals surface area contributed by atoms with Crippen molar-refractivity contribution in [3.05, 3.63) is 22.4 Å². The summed E-state index contributed by atoms with van der Waals surface area (Å²) in [5.41, 5.74) is 0.326. The number of nitrogens with zero attached hydrogens (tertiary/aromatic N) is 1. The van der Waals surface area contributed by atoms with E-state index in [-0.39, 0.29) is 11.0 Å². The molecule has 0 spiro atoms. The maximum absolute atomic E-state index is 4.72. The highest BCUT2D eigenvalue weighted by Crippen LogP contribution is 2.29. The zero-order chi connectivity index (χ0) is 12.5. The summed E-state index contributed by atoms with van der Waals surface area (Å²) in [7, 11) is 0. The molecule has 0 unspecified atom stereocenters. The molecular weight excluding hydrogens is 248 g/mol. The molecule has 1 aromatic heterocycles. The lowest BCUT2D eigenvalue weighted by atomic mass is 9.92. The minimum Gasteiger partial charge on any atom is -0.359 e. The molecule has 0 aromatic carbocycles. The zero-order valence-electron chi connectivity index (χ0n) is 10.9. The van der Waals surface area contributed by atoms with E-state index in [1.165, 1.54) is 4.88 Å². The number of hydrogen-bond donors (Lipinski definition) is 1. The van der Waals surface area contributed by atoms with Crippen LogP contribution < -0.4 is 5.32 Å². The van der Waals surface area contributed by atoms with E-state index in [0.717, 1.165) is 17.5 Å². The number of aliphatic imine (C=N–C) groups is 1. The lowest BCUT2D eigenvalue weighted by Crippen LogP contribution is -2.37. The molecule has 1 fully saturated rings. The number of amidine groups is 1. The normalized spacial score (nSPS) is 21.8. The first-order valence-corrected chi connectivity index (χ1v) is 7.75. The van der Waals surface area contributed by atoms with Crippen LogP contribution in [0.3, 0.4) is 0 Å². The summed E-state index contributed by atoms with van der Waals surface area (Å²) in [6.07, 6.45) is 0. The first kappa shape index (κ1) is 13.0. The standard InChI is InChI=1S/C13H20N2S2/c1-12(2,10-6-5-7-16-10)8-14-11-15-13(3,4)9-17-11/h5-7H,8-9H2,1-4H3,(H,14,15). The predicted octanol–water partition coefficient (Wildman–Crippen LogP) is 3.50. The third-order valence-corrected chi connectivity index (χ3v) is 5.43. The van der Waals surface area contributed by atoms with Crippen LogP contribution in [0.1, 0.15) is 32.6 Å². The number of thiophene rings is 1. The molecule has 1 N–H and O–H groups in total. The molecule has 2 nitrogen and oxygen atoms in total. The molecule has 0 saturated carbocycles. The van der Waals surface area contributed by atoms with Gasteiger partial charge in [-0.05, 0) is 25.3 Å². The molecule has 2 heterocycles. The van der Waals surface area contributed by atoms with Gasteiger partial charge in [0.1, 0.15) is 0 Å². The van der Waals surface area contributed by atoms with Crippen LogP contribution >= 0.6 is 23.1 Å². The fraction of sp³-hybridized carbons (Fsp3) is 0.615. The van der Waals surface area contributed by atoms with Gasteiger partial charge in [0.25, 0.3) is 0 Å². The second kappa shape index (κ2) is 4.65. The summed E-state index contributed by atoms with van der Waals surface area (Å²) in [6.45, 7) is 9.79. The summed E-state index contributed by atoms with van der Waals surface area (Å²) >= 11 is 3.65. The molecule has 2 rings (SSSR count). The molecule has 0 bridgehead atoms. The second-order valence-corrected chi connectivity index (χ2v) is 7.69. The molecule has 17 heavy (non-hydrogen) atoms. The Labute approximate surface area is 112 Å². The Hall–Kier alpha value is -0.480. The van der Waals surface area contributed by atoms with Crippen molar-refractivity contribution in [2.75, 3.05) is 12.3 Å². The fourth-order valence-corrected chi connectivity index (χ4v) is 3.63. The van der Waals surface area contributed by atoms with Crippen LogP contribution in [-0.4, -0.2) is 23.0 Å². The van der Waals surface area contributed by atoms with Crippen molar-refractivity contribution in [1.29, 1.82) is 0 Å². The van der Waals surface area contributed by atoms with E-state index >= 15 is 0 Å². The second-order valence-electron chi connectivity index (χ2n) is 5.78. The van der Waals surface area contributed by atoms with Gasteiger partial charge in [-0.1, -0.05) is 31.7 Å². The van der Waals surface area contributed by atoms with Crippen molar-refractivity contribution < 1.29 is 0 Å². The molecule has 4 heteroatoms. The topological polar surface area (TPSA) is 24.4 Å². The fourth-order valence-electron chi connectivity index (χ4n) is 1.71. The third-order valence-electron chi connectivity index (χ3n) is 2.82. The van der Waals surface area contributed by atoms with Crippen molar-refractivity contribution in [2.24, 2.45) is 4.99 Å². The molecule has 0 amide bonds. The molecule has 0 aliphatic carbocycles. The lowest BCUT2D eigenvalue weighted by molar-refractivity contribution is 0.527. The highest BCUT2D eigenvalue weighted by molar-refractivity contribution is 8.14. The maximum Gasteiger partial charge on any atom is 0.157 e. The first-order valence-electron chi connectivity index (χ1n) is 5.88. The molecule has 1 aliphatic heterocycles. The van der Waals surface area contributed by atoms with E-state index < -0.39 is 0 Å². The Balaban J connectivity index is 2.01. The Morgan fingerprint density at radius 3 is 2.76 bits per heavy atom. The molecule has 1 saturated heterocycles. The number of rotatable bonds is 3. The molecule has 0 radical (unpaired) electrons. The summed E-state index contributed by atoms with van der Waals surface area (Å²) in [6, 6.07) is 4.31. The van der Waals surface area contributed by atoms with Crippen molar-refractivity contribution in [2.45, 2.75) is 38.6 Å². The van der Waals surface area contributed by atoms with Crippen LogP contribution in [0.25, 0.3) is 0 Å². The van der Waals surface area contributed by atoms with Crippen molar-refractivity contribution >= 4 is 28.3 Å². The highest BCUT2D eigenvalue weighted by atomic mass is 32.2. The van der Waals surface area contributed by atoms with E-state index in [1.54, 1.807) is 0 Å². The van der Waals surface area contributed by atoms with Gasteiger partial charge in [0, 0.05) is 21.6 Å². The Bertz CT molecular complexity index is 405. The minimum atomic E-state index is 0.135. The Morgan fingerprint density at radius 2 is 2.24 bits per heavy atom. The van der Waals surface area contributed by atoms with Gasteiger partial charge in [-0.15, -0.1) is 11.3 Å². The third kappa shape index (κ3) is 3.26. The summed E-state index contributed by atoms with van der Waals surface area (Å²) in [5, 5.41) is 6.70. The monoisotopic (exact) mass is 268 g/mol. The van der Waals surface area contributed by atoms with E-state index in [9.17, 15) is 0 Å². The lowest BCUT2D eigenvalue weighted by Gasteiger charge is -2.21. The predicted molar refractivity (Wildman–Crippen MR) is 79.3 cm³/mol. The van der Waals surface area contributed by atoms with Gasteiger partial charge in [0.15, 0.2) is 5.17 Å². The molecule has 1 aromatic rings. The molecule has 94 valence electrons. The summed E-state index contributed by atoms with van der Waals surface area (Å²) in [5.74, 6) is 1.10. The van der Waals surface area contributed by atoms with Crippen LogP contribution in [0.5, 0.6) is 0 Å². The van der Waals surface area contributed by atoms with E-state index in [2.05, 4.69) is 50.5 Å². The van der Waals surface area contributed by atoms with Gasteiger partial charge in [0.2, 0.25) is 0 Å². The van der Waals surface area contributed by atoms with Crippen LogP contribution in [0, 0.1) is 0 Å². The van der Waals surface area contributed by atoms with Crippen LogP contribution in [0.2, 0.25) is 0 Å². The van der Waals surface area contributed by atoms with Gasteiger partial charge in [-0.2, -0.15) is 0 Å². The minimum absolute atomic E-state index is 0.135. The molecular formula is C13H20N2S2. The molecule has 0 atom stereocenters. The van der Waals surface area contributed by atoms with Gasteiger partial charge in [0.05, 0.1) is 6.54 Å². The van der Waals surface area contributed by atoms with Crippen LogP contribution in [-0.2, 0) is 5.41 Å². The van der Waals surface area contributed by atoms with Crippen molar-refractivity contribution in [1.82, 2.24) is 5.32 Å². The number of nitrogens with one attached hydrogen (secondary N) is 1. The van der Waals surface area contributed by atoms with E-state index in [0.29, 0.717) is 0 Å². The van der Waals surface area contributed by atoms with E-state index in [4.69, 9.17) is 4.99 Å². The Kier molecular flexibility index (Phi) is 3.55. The summed E-state index contributed by atoms with van der Waals surface area (Å²) < 4.78 is 0. The quantitative estimate of drug-likeness (QED) is 0.907. The van der Waals surface area contributed by atoms with Gasteiger partial charge >= 0.3 is 0 Å². The largest absolute Gasteiger partial charge is 0.359 e. The first-order chi connectivity index (χ1) is 7.89. The van der Waals surface area contributed by atoms with Gasteiger partial charge in [-0.25, -0.2) is 0 Å². The average molecular weight is 268 g/mol.